The van der Waals surface area contributed by atoms with Gasteiger partial charge in [0.05, 0.1) is 22.3 Å². The predicted octanol–water partition coefficient (Wildman–Crippen LogP) is 5.63. The van der Waals surface area contributed by atoms with Gasteiger partial charge in [0.1, 0.15) is 26.4 Å². The fraction of sp³-hybridized carbons (Fsp3) is 0.253. The molecule has 0 aliphatic carbocycles. The third-order valence-corrected chi connectivity index (χ3v) is 16.1. The SMILES string of the molecule is CN1C=CC(C(=O)NCCN(CCNC(=O)C2=C(OCc3ccccc3)C(=C=O)NC=C2)CC(Cc2ccc(N)cc2)CN(CCNC(=O)c2ccn(C)c(=O)c2OCc2ccccc2)CCNC(=O)c2ccn(C)c(=O)c2OCc2ccccc2)=C(OCc2ccccc2)C1=C=O. The smallest absolute Gasteiger partial charge is 0.293 e. The predicted molar refractivity (Wildman–Crippen MR) is 371 cm³/mol. The molecule has 5 aromatic carbocycles. The molecule has 2 aromatic heterocycles. The number of hydrogen-bond acceptors (Lipinski definition) is 17. The highest BCUT2D eigenvalue weighted by Gasteiger charge is 2.28. The molecular weight excluding hydrogens is 1250 g/mol. The van der Waals surface area contributed by atoms with Crippen LogP contribution in [0.2, 0.25) is 0 Å². The minimum Gasteiger partial charge on any atom is -0.485 e. The summed E-state index contributed by atoms with van der Waals surface area (Å²) in [5, 5.41) is 14.9. The van der Waals surface area contributed by atoms with Crippen molar-refractivity contribution in [3.63, 3.8) is 0 Å². The van der Waals surface area contributed by atoms with E-state index in [0.717, 1.165) is 27.8 Å². The van der Waals surface area contributed by atoms with E-state index in [1.54, 1.807) is 33.4 Å². The van der Waals surface area contributed by atoms with E-state index in [1.165, 1.54) is 50.8 Å². The fourth-order valence-corrected chi connectivity index (χ4v) is 10.9. The number of ether oxygens (including phenoxy) is 4. The van der Waals surface area contributed by atoms with Crippen LogP contribution in [-0.2, 0) is 75.6 Å². The van der Waals surface area contributed by atoms with Crippen LogP contribution in [-0.4, -0.2) is 132 Å². The van der Waals surface area contributed by atoms with Crippen LogP contribution in [0, 0.1) is 5.92 Å². The average molecular weight is 1330 g/mol. The molecule has 0 radical (unpaired) electrons. The van der Waals surface area contributed by atoms with Gasteiger partial charge in [0, 0.05) is 117 Å². The summed E-state index contributed by atoms with van der Waals surface area (Å²) in [7, 11) is 4.79. The number of nitrogens with zero attached hydrogens (tertiary/aromatic N) is 5. The van der Waals surface area contributed by atoms with Crippen molar-refractivity contribution in [1.82, 2.24) is 50.4 Å². The van der Waals surface area contributed by atoms with Crippen LogP contribution in [0.15, 0.2) is 238 Å². The molecule has 0 fully saturated rings. The first kappa shape index (κ1) is 70.6. The maximum atomic E-state index is 14.4. The lowest BCUT2D eigenvalue weighted by atomic mass is 9.97. The van der Waals surface area contributed by atoms with E-state index >= 15 is 0 Å². The van der Waals surface area contributed by atoms with Gasteiger partial charge >= 0.3 is 0 Å². The Kier molecular flexibility index (Phi) is 25.7. The summed E-state index contributed by atoms with van der Waals surface area (Å²) < 4.78 is 27.0. The largest absolute Gasteiger partial charge is 0.485 e. The summed E-state index contributed by atoms with van der Waals surface area (Å²) in [6, 6.07) is 47.7. The molecule has 1 atom stereocenters. The van der Waals surface area contributed by atoms with Crippen molar-refractivity contribution in [2.45, 2.75) is 32.8 Å². The fourth-order valence-electron chi connectivity index (χ4n) is 10.9. The summed E-state index contributed by atoms with van der Waals surface area (Å²) in [6.07, 6.45) is 9.58. The van der Waals surface area contributed by atoms with Gasteiger partial charge in [-0.1, -0.05) is 133 Å². The Labute approximate surface area is 567 Å². The zero-order valence-corrected chi connectivity index (χ0v) is 54.9. The Bertz CT molecular complexity index is 4150. The number of benzene rings is 5. The molecule has 4 heterocycles. The molecule has 0 saturated carbocycles. The maximum absolute atomic E-state index is 14.4. The van der Waals surface area contributed by atoms with Crippen LogP contribution in [0.5, 0.6) is 11.5 Å². The molecule has 98 heavy (non-hydrogen) atoms. The van der Waals surface area contributed by atoms with Crippen LogP contribution in [0.1, 0.15) is 48.5 Å². The minimum absolute atomic E-state index is 0.0196. The van der Waals surface area contributed by atoms with Gasteiger partial charge < -0.3 is 65.3 Å². The molecule has 1 unspecified atom stereocenters. The standard InChI is InChI=1S/C75H79N11O12/c1-82-37-29-61(67(65(82)48-88)96-50-55-18-10-5-11-19-55)71(90)79-34-41-85(40-33-78-70(89)60-28-32-77-64(47-87)66(60)95-49-54-16-8-4-9-17-54)45-58(44-53-24-26-59(76)27-25-53)46-86(42-35-80-72(91)62-30-38-83(2)74(93)68(62)97-51-56-20-12-6-13-21-56)43-36-81-73(92)63-31-39-84(3)75(94)69(63)98-52-57-22-14-7-15-23-57/h4-32,37-39,58,77H,33-36,40-46,49-52,76H2,1-3H3,(H,78,89)(H,79,90)(H,80,91)(H,81,92). The first-order chi connectivity index (χ1) is 47.7. The third-order valence-electron chi connectivity index (χ3n) is 16.1. The molecule has 4 amide bonds. The number of nitrogens with one attached hydrogen (secondary N) is 5. The number of pyridine rings is 2. The van der Waals surface area contributed by atoms with Crippen molar-refractivity contribution in [3.05, 3.63) is 288 Å². The van der Waals surface area contributed by atoms with Gasteiger partial charge in [-0.05, 0) is 76.6 Å². The van der Waals surface area contributed by atoms with Crippen LogP contribution >= 0.6 is 0 Å². The van der Waals surface area contributed by atoms with Crippen molar-refractivity contribution >= 4 is 41.2 Å². The van der Waals surface area contributed by atoms with E-state index < -0.39 is 34.7 Å². The highest BCUT2D eigenvalue weighted by Crippen LogP contribution is 2.26. The molecule has 9 rings (SSSR count). The Balaban J connectivity index is 0.996. The molecule has 2 aliphatic rings. The van der Waals surface area contributed by atoms with Crippen molar-refractivity contribution in [2.24, 2.45) is 20.0 Å². The third kappa shape index (κ3) is 19.9. The van der Waals surface area contributed by atoms with Gasteiger partial charge in [-0.25, -0.2) is 9.59 Å². The number of nitrogens with two attached hydrogens (primary N) is 1. The highest BCUT2D eigenvalue weighted by atomic mass is 16.5. The van der Waals surface area contributed by atoms with E-state index in [2.05, 4.69) is 36.4 Å². The molecule has 506 valence electrons. The molecule has 23 nitrogen and oxygen atoms in total. The number of carbonyl (C=O) groups is 4. The summed E-state index contributed by atoms with van der Waals surface area (Å²) in [5.41, 5.74) is 10.2. The summed E-state index contributed by atoms with van der Waals surface area (Å²) in [4.78, 5) is 115. The summed E-state index contributed by atoms with van der Waals surface area (Å²) in [6.45, 7) is 2.07. The number of dihydropyridines is 1. The Morgan fingerprint density at radius 1 is 0.490 bits per heavy atom. The van der Waals surface area contributed by atoms with E-state index in [4.69, 9.17) is 24.7 Å². The van der Waals surface area contributed by atoms with Crippen molar-refractivity contribution < 1.29 is 47.7 Å². The number of hydrogen-bond donors (Lipinski definition) is 6. The number of amides is 4. The zero-order chi connectivity index (χ0) is 69.2. The van der Waals surface area contributed by atoms with Gasteiger partial charge in [-0.3, -0.25) is 38.6 Å². The van der Waals surface area contributed by atoms with Crippen LogP contribution in [0.3, 0.4) is 0 Å². The van der Waals surface area contributed by atoms with E-state index in [9.17, 15) is 38.4 Å². The molecule has 0 spiro atoms. The monoisotopic (exact) mass is 1330 g/mol. The second-order valence-corrected chi connectivity index (χ2v) is 23.3. The average Bonchev–Trinajstić information content (AvgIpc) is 0.840. The first-order valence-corrected chi connectivity index (χ1v) is 32.0. The Hall–Kier alpha value is -11.7. The van der Waals surface area contributed by atoms with Crippen LogP contribution in [0.4, 0.5) is 5.69 Å². The number of aryl methyl sites for hydroxylation is 2. The summed E-state index contributed by atoms with van der Waals surface area (Å²) >= 11 is 0. The zero-order valence-electron chi connectivity index (χ0n) is 54.9. The highest BCUT2D eigenvalue weighted by molar-refractivity contribution is 5.99. The number of carbonyl (C=O) groups excluding carboxylic acids is 6. The minimum atomic E-state index is -0.551. The molecular formula is C75H79N11O12. The van der Waals surface area contributed by atoms with E-state index in [0.29, 0.717) is 25.2 Å². The van der Waals surface area contributed by atoms with Gasteiger partial charge in [-0.2, -0.15) is 0 Å². The molecule has 23 heteroatoms. The second-order valence-electron chi connectivity index (χ2n) is 23.3. The first-order valence-electron chi connectivity index (χ1n) is 32.0. The number of anilines is 1. The lowest BCUT2D eigenvalue weighted by Gasteiger charge is -2.32. The molecule has 0 saturated heterocycles. The van der Waals surface area contributed by atoms with E-state index in [1.807, 2.05) is 157 Å². The summed E-state index contributed by atoms with van der Waals surface area (Å²) in [5.74, 6) is 1.21. The number of aromatic nitrogens is 2. The Morgan fingerprint density at radius 2 is 0.888 bits per heavy atom. The second kappa shape index (κ2) is 35.7. The molecule has 0 bridgehead atoms. The van der Waals surface area contributed by atoms with Gasteiger partial charge in [0.25, 0.3) is 34.7 Å². The quantitative estimate of drug-likeness (QED) is 0.0211. The van der Waals surface area contributed by atoms with Crippen LogP contribution < -0.4 is 52.9 Å². The maximum Gasteiger partial charge on any atom is 0.293 e. The van der Waals surface area contributed by atoms with Gasteiger partial charge in [0.2, 0.25) is 0 Å². The van der Waals surface area contributed by atoms with Crippen molar-refractivity contribution in [1.29, 1.82) is 0 Å². The lowest BCUT2D eigenvalue weighted by molar-refractivity contribution is -0.118. The Morgan fingerprint density at radius 3 is 1.31 bits per heavy atom. The molecule has 7 aromatic rings. The van der Waals surface area contributed by atoms with Crippen molar-refractivity contribution in [3.8, 4) is 11.5 Å². The lowest BCUT2D eigenvalue weighted by Crippen LogP contribution is -2.46. The topological polar surface area (TPSA) is 279 Å². The van der Waals surface area contributed by atoms with Gasteiger partial charge in [0.15, 0.2) is 46.3 Å². The molecule has 2 aliphatic heterocycles. The number of rotatable bonds is 34. The number of nitrogen functional groups attached to an aromatic ring is 1. The van der Waals surface area contributed by atoms with E-state index in [-0.39, 0.29) is 141 Å². The van der Waals surface area contributed by atoms with Crippen molar-refractivity contribution in [2.75, 3.05) is 78.2 Å². The van der Waals surface area contributed by atoms with Gasteiger partial charge in [-0.15, -0.1) is 0 Å². The van der Waals surface area contributed by atoms with Crippen LogP contribution in [0.25, 0.3) is 0 Å². The molecule has 7 N–H and O–H groups in total. The normalized spacial score (nSPS) is 12.9. The number of likely N-dealkylation sites (N-methyl/N-ethyl adjacent to an activating group) is 1.